The van der Waals surface area contributed by atoms with Gasteiger partial charge in [-0.3, -0.25) is 4.79 Å². The number of hydrogen-bond donors (Lipinski definition) is 1. The molecule has 0 radical (unpaired) electrons. The number of benzene rings is 2. The Bertz CT molecular complexity index is 587. The Kier molecular flexibility index (Phi) is 4.00. The number of aryl methyl sites for hydroxylation is 2. The SMILES string of the molecule is Cc1cccc(CC(C(=O)O)c2cccc(C)c2)c1. The molecule has 2 aromatic carbocycles. The van der Waals surface area contributed by atoms with E-state index in [-0.39, 0.29) is 0 Å². The van der Waals surface area contributed by atoms with Gasteiger partial charge in [0.15, 0.2) is 0 Å². The highest BCUT2D eigenvalue weighted by Crippen LogP contribution is 2.22. The topological polar surface area (TPSA) is 37.3 Å². The number of carbonyl (C=O) groups is 1. The molecule has 19 heavy (non-hydrogen) atoms. The fourth-order valence-corrected chi connectivity index (χ4v) is 2.31. The van der Waals surface area contributed by atoms with Gasteiger partial charge in [-0.2, -0.15) is 0 Å². The van der Waals surface area contributed by atoms with Crippen molar-refractivity contribution < 1.29 is 9.90 Å². The summed E-state index contributed by atoms with van der Waals surface area (Å²) in [5.74, 6) is -1.26. The molecule has 0 aliphatic carbocycles. The third-order valence-electron chi connectivity index (χ3n) is 3.26. The van der Waals surface area contributed by atoms with E-state index in [1.165, 1.54) is 0 Å². The second kappa shape index (κ2) is 5.70. The molecule has 0 saturated heterocycles. The van der Waals surface area contributed by atoms with Crippen LogP contribution in [0.3, 0.4) is 0 Å². The first-order valence-corrected chi connectivity index (χ1v) is 6.41. The summed E-state index contributed by atoms with van der Waals surface area (Å²) in [6.45, 7) is 4.00. The van der Waals surface area contributed by atoms with Crippen LogP contribution in [-0.4, -0.2) is 11.1 Å². The maximum Gasteiger partial charge on any atom is 0.311 e. The smallest absolute Gasteiger partial charge is 0.311 e. The van der Waals surface area contributed by atoms with Crippen LogP contribution < -0.4 is 0 Å². The van der Waals surface area contributed by atoms with Gasteiger partial charge in [0.05, 0.1) is 5.92 Å². The lowest BCUT2D eigenvalue weighted by atomic mass is 9.91. The van der Waals surface area contributed by atoms with Gasteiger partial charge in [0, 0.05) is 0 Å². The maximum absolute atomic E-state index is 11.5. The molecule has 1 unspecified atom stereocenters. The molecule has 0 heterocycles. The first-order valence-electron chi connectivity index (χ1n) is 6.41. The van der Waals surface area contributed by atoms with E-state index in [1.807, 2.05) is 62.4 Å². The zero-order valence-electron chi connectivity index (χ0n) is 11.3. The third-order valence-corrected chi connectivity index (χ3v) is 3.26. The highest BCUT2D eigenvalue weighted by atomic mass is 16.4. The monoisotopic (exact) mass is 254 g/mol. The van der Waals surface area contributed by atoms with Crippen LogP contribution in [0.5, 0.6) is 0 Å². The van der Waals surface area contributed by atoms with Gasteiger partial charge < -0.3 is 5.11 Å². The number of carboxylic acids is 1. The molecule has 0 aliphatic heterocycles. The standard InChI is InChI=1S/C17H18O2/c1-12-5-3-7-14(9-12)11-16(17(18)19)15-8-4-6-13(2)10-15/h3-10,16H,11H2,1-2H3,(H,18,19). The van der Waals surface area contributed by atoms with Gasteiger partial charge in [-0.25, -0.2) is 0 Å². The highest BCUT2D eigenvalue weighted by molar-refractivity contribution is 5.76. The second-order valence-electron chi connectivity index (χ2n) is 5.00. The molecule has 0 aliphatic rings. The average Bonchev–Trinajstić information content (AvgIpc) is 2.35. The largest absolute Gasteiger partial charge is 0.481 e. The van der Waals surface area contributed by atoms with Crippen molar-refractivity contribution >= 4 is 5.97 Å². The van der Waals surface area contributed by atoms with E-state index >= 15 is 0 Å². The van der Waals surface area contributed by atoms with Crippen LogP contribution in [0.1, 0.15) is 28.2 Å². The van der Waals surface area contributed by atoms with E-state index in [9.17, 15) is 9.90 Å². The van der Waals surface area contributed by atoms with Crippen molar-refractivity contribution in [2.24, 2.45) is 0 Å². The van der Waals surface area contributed by atoms with Crippen LogP contribution in [0.2, 0.25) is 0 Å². The first kappa shape index (κ1) is 13.3. The lowest BCUT2D eigenvalue weighted by Gasteiger charge is -2.14. The third kappa shape index (κ3) is 3.44. The van der Waals surface area contributed by atoms with Crippen LogP contribution >= 0.6 is 0 Å². The van der Waals surface area contributed by atoms with Crippen molar-refractivity contribution in [2.45, 2.75) is 26.2 Å². The van der Waals surface area contributed by atoms with Gasteiger partial charge in [-0.1, -0.05) is 59.7 Å². The van der Waals surface area contributed by atoms with Gasteiger partial charge in [0.25, 0.3) is 0 Å². The van der Waals surface area contributed by atoms with Crippen LogP contribution in [0.4, 0.5) is 0 Å². The molecule has 0 bridgehead atoms. The summed E-state index contributed by atoms with van der Waals surface area (Å²) in [5, 5.41) is 9.45. The molecule has 1 N–H and O–H groups in total. The molecular formula is C17H18O2. The predicted octanol–water partition coefficient (Wildman–Crippen LogP) is 3.71. The van der Waals surface area contributed by atoms with Crippen LogP contribution in [-0.2, 0) is 11.2 Å². The van der Waals surface area contributed by atoms with Gasteiger partial charge in [0.2, 0.25) is 0 Å². The number of rotatable bonds is 4. The van der Waals surface area contributed by atoms with E-state index in [1.54, 1.807) is 0 Å². The van der Waals surface area contributed by atoms with Gasteiger partial charge in [-0.05, 0) is 31.4 Å². The second-order valence-corrected chi connectivity index (χ2v) is 5.00. The summed E-state index contributed by atoms with van der Waals surface area (Å²) < 4.78 is 0. The van der Waals surface area contributed by atoms with E-state index < -0.39 is 11.9 Å². The fraction of sp³-hybridized carbons (Fsp3) is 0.235. The molecule has 0 amide bonds. The molecule has 2 nitrogen and oxygen atoms in total. The van der Waals surface area contributed by atoms with Crippen molar-refractivity contribution in [1.29, 1.82) is 0 Å². The molecule has 98 valence electrons. The highest BCUT2D eigenvalue weighted by Gasteiger charge is 2.20. The molecule has 1 atom stereocenters. The quantitative estimate of drug-likeness (QED) is 0.903. The zero-order chi connectivity index (χ0) is 13.8. The number of aliphatic carboxylic acids is 1. The van der Waals surface area contributed by atoms with Crippen LogP contribution in [0.25, 0.3) is 0 Å². The van der Waals surface area contributed by atoms with Crippen LogP contribution in [0, 0.1) is 13.8 Å². The van der Waals surface area contributed by atoms with Gasteiger partial charge in [-0.15, -0.1) is 0 Å². The summed E-state index contributed by atoms with van der Waals surface area (Å²) in [7, 11) is 0. The molecule has 0 fully saturated rings. The summed E-state index contributed by atoms with van der Waals surface area (Å²) in [6.07, 6.45) is 0.528. The summed E-state index contributed by atoms with van der Waals surface area (Å²) in [4.78, 5) is 11.5. The first-order chi connectivity index (χ1) is 9.06. The van der Waals surface area contributed by atoms with Crippen molar-refractivity contribution in [2.75, 3.05) is 0 Å². The predicted molar refractivity (Wildman–Crippen MR) is 76.4 cm³/mol. The molecule has 0 aromatic heterocycles. The molecule has 0 spiro atoms. The minimum Gasteiger partial charge on any atom is -0.481 e. The average molecular weight is 254 g/mol. The van der Waals surface area contributed by atoms with Gasteiger partial charge in [0.1, 0.15) is 0 Å². The Morgan fingerprint density at radius 3 is 2.26 bits per heavy atom. The Balaban J connectivity index is 2.29. The maximum atomic E-state index is 11.5. The van der Waals surface area contributed by atoms with E-state index in [0.717, 1.165) is 22.3 Å². The molecular weight excluding hydrogens is 236 g/mol. The lowest BCUT2D eigenvalue weighted by molar-refractivity contribution is -0.138. The Hall–Kier alpha value is -2.09. The lowest BCUT2D eigenvalue weighted by Crippen LogP contribution is -2.14. The Morgan fingerprint density at radius 2 is 1.68 bits per heavy atom. The number of carboxylic acid groups (broad SMARTS) is 1. The number of hydrogen-bond acceptors (Lipinski definition) is 1. The molecule has 2 rings (SSSR count). The van der Waals surface area contributed by atoms with E-state index in [2.05, 4.69) is 0 Å². The van der Waals surface area contributed by atoms with Crippen molar-refractivity contribution in [1.82, 2.24) is 0 Å². The summed E-state index contributed by atoms with van der Waals surface area (Å²) in [5.41, 5.74) is 4.18. The Labute approximate surface area is 113 Å². The summed E-state index contributed by atoms with van der Waals surface area (Å²) in [6, 6.07) is 15.8. The fourth-order valence-electron chi connectivity index (χ4n) is 2.31. The minimum absolute atomic E-state index is 0.485. The normalized spacial score (nSPS) is 12.1. The molecule has 2 heteroatoms. The van der Waals surface area contributed by atoms with Crippen LogP contribution in [0.15, 0.2) is 48.5 Å². The van der Waals surface area contributed by atoms with E-state index in [0.29, 0.717) is 6.42 Å². The van der Waals surface area contributed by atoms with Gasteiger partial charge >= 0.3 is 5.97 Å². The molecule has 0 saturated carbocycles. The van der Waals surface area contributed by atoms with Crippen molar-refractivity contribution in [3.05, 3.63) is 70.8 Å². The summed E-state index contributed by atoms with van der Waals surface area (Å²) >= 11 is 0. The van der Waals surface area contributed by atoms with Crippen molar-refractivity contribution in [3.63, 3.8) is 0 Å². The molecule has 2 aromatic rings. The zero-order valence-corrected chi connectivity index (χ0v) is 11.3. The minimum atomic E-state index is -0.771. The van der Waals surface area contributed by atoms with Crippen molar-refractivity contribution in [3.8, 4) is 0 Å². The van der Waals surface area contributed by atoms with E-state index in [4.69, 9.17) is 0 Å². The Morgan fingerprint density at radius 1 is 1.05 bits per heavy atom.